The number of rotatable bonds is 6. The number of carbonyl (C=O) groups excluding carboxylic acids is 1. The summed E-state index contributed by atoms with van der Waals surface area (Å²) >= 11 is 0. The number of ether oxygens (including phenoxy) is 1. The van der Waals surface area contributed by atoms with E-state index >= 15 is 0 Å². The minimum Gasteiger partial charge on any atom is -0.477 e. The van der Waals surface area contributed by atoms with Gasteiger partial charge in [0.2, 0.25) is 0 Å². The fourth-order valence-corrected chi connectivity index (χ4v) is 4.79. The molecule has 3 fully saturated rings. The summed E-state index contributed by atoms with van der Waals surface area (Å²) in [5.41, 5.74) is -0.674. The van der Waals surface area contributed by atoms with Crippen LogP contribution in [0.5, 0.6) is 0 Å². The molecule has 27 heavy (non-hydrogen) atoms. The number of esters is 1. The van der Waals surface area contributed by atoms with E-state index in [0.29, 0.717) is 23.2 Å². The van der Waals surface area contributed by atoms with Crippen molar-refractivity contribution in [2.45, 2.75) is 53.1 Å². The van der Waals surface area contributed by atoms with Crippen molar-refractivity contribution >= 4 is 17.6 Å². The lowest BCUT2D eigenvalue weighted by atomic mass is 9.45. The summed E-state index contributed by atoms with van der Waals surface area (Å²) in [6, 6.07) is 0.0991. The Morgan fingerprint density at radius 1 is 1.41 bits per heavy atom. The van der Waals surface area contributed by atoms with Crippen LogP contribution in [0.2, 0.25) is 0 Å². The van der Waals surface area contributed by atoms with Gasteiger partial charge in [-0.05, 0) is 42.9 Å². The molecule has 2 bridgehead atoms. The van der Waals surface area contributed by atoms with E-state index in [0.717, 1.165) is 11.1 Å². The highest BCUT2D eigenvalue weighted by Gasteiger charge is 2.56. The Hall–Kier alpha value is -2.38. The summed E-state index contributed by atoms with van der Waals surface area (Å²) in [5.74, 6) is -0.418. The first-order valence-electron chi connectivity index (χ1n) is 9.42. The minimum atomic E-state index is -1.34. The van der Waals surface area contributed by atoms with E-state index < -0.39 is 24.0 Å². The molecule has 1 heterocycles. The molecule has 3 saturated carbocycles. The highest BCUT2D eigenvalue weighted by Crippen LogP contribution is 2.61. The minimum absolute atomic E-state index is 0.0991. The molecule has 0 radical (unpaired) electrons. The number of nitrogens with zero attached hydrogens (tertiary/aromatic N) is 2. The predicted octanol–water partition coefficient (Wildman–Crippen LogP) is 1.99. The number of carbonyl (C=O) groups is 2. The van der Waals surface area contributed by atoms with Crippen molar-refractivity contribution in [2.75, 3.05) is 11.9 Å². The van der Waals surface area contributed by atoms with E-state index in [1.54, 1.807) is 6.92 Å². The average Bonchev–Trinajstić information content (AvgIpc) is 2.58. The first kappa shape index (κ1) is 19.4. The third-order valence-electron chi connectivity index (χ3n) is 6.54. The summed E-state index contributed by atoms with van der Waals surface area (Å²) in [6.07, 6.45) is 3.47. The molecule has 1 aromatic heterocycles. The van der Waals surface area contributed by atoms with Crippen LogP contribution in [0.15, 0.2) is 11.0 Å². The molecule has 1 aromatic rings. The molecule has 0 unspecified atom stereocenters. The third-order valence-corrected chi connectivity index (χ3v) is 6.54. The molecular formula is C19H27N3O5. The largest absolute Gasteiger partial charge is 0.477 e. The average molecular weight is 377 g/mol. The monoisotopic (exact) mass is 377 g/mol. The number of nitrogens with one attached hydrogen (secondary N) is 1. The summed E-state index contributed by atoms with van der Waals surface area (Å²) in [6.45, 7) is 8.18. The first-order valence-corrected chi connectivity index (χ1v) is 9.42. The van der Waals surface area contributed by atoms with Gasteiger partial charge in [0.05, 0.1) is 18.5 Å². The lowest BCUT2D eigenvalue weighted by Gasteiger charge is -2.62. The number of carboxylic acids is 1. The van der Waals surface area contributed by atoms with Gasteiger partial charge < -0.3 is 15.2 Å². The zero-order valence-electron chi connectivity index (χ0n) is 16.2. The molecule has 0 aliphatic heterocycles. The number of hydrogen-bond acceptors (Lipinski definition) is 6. The molecule has 3 aliphatic rings. The maximum absolute atomic E-state index is 12.5. The van der Waals surface area contributed by atoms with Gasteiger partial charge in [0.15, 0.2) is 5.56 Å². The van der Waals surface area contributed by atoms with E-state index in [1.165, 1.54) is 12.6 Å². The molecule has 4 rings (SSSR count). The molecule has 0 aromatic carbocycles. The van der Waals surface area contributed by atoms with Gasteiger partial charge in [-0.15, -0.1) is 0 Å². The Morgan fingerprint density at radius 3 is 2.67 bits per heavy atom. The van der Waals surface area contributed by atoms with Gasteiger partial charge in [-0.25, -0.2) is 9.48 Å². The number of hydrogen-bond donors (Lipinski definition) is 2. The van der Waals surface area contributed by atoms with Crippen LogP contribution in [-0.4, -0.2) is 39.5 Å². The second kappa shape index (κ2) is 6.98. The molecule has 0 saturated heterocycles. The van der Waals surface area contributed by atoms with Gasteiger partial charge in [-0.1, -0.05) is 20.8 Å². The Morgan fingerprint density at radius 2 is 2.11 bits per heavy atom. The Labute approximate surface area is 157 Å². The molecule has 0 spiro atoms. The quantitative estimate of drug-likeness (QED) is 0.729. The number of carboxylic acid groups (broad SMARTS) is 1. The van der Waals surface area contributed by atoms with E-state index in [9.17, 15) is 19.5 Å². The topological polar surface area (TPSA) is 111 Å². The Kier molecular flexibility index (Phi) is 5.01. The highest BCUT2D eigenvalue weighted by atomic mass is 16.5. The van der Waals surface area contributed by atoms with Gasteiger partial charge in [0.1, 0.15) is 6.54 Å². The van der Waals surface area contributed by atoms with Crippen molar-refractivity contribution in [1.82, 2.24) is 9.78 Å². The van der Waals surface area contributed by atoms with Gasteiger partial charge in [0, 0.05) is 6.04 Å². The van der Waals surface area contributed by atoms with Crippen LogP contribution in [0.3, 0.4) is 0 Å². The van der Waals surface area contributed by atoms with Crippen molar-refractivity contribution in [3.63, 3.8) is 0 Å². The maximum atomic E-state index is 12.5. The molecular weight excluding hydrogens is 350 g/mol. The second-order valence-electron chi connectivity index (χ2n) is 8.21. The summed E-state index contributed by atoms with van der Waals surface area (Å²) in [7, 11) is 0. The standard InChI is InChI=1S/C19H27N3O5/c1-5-27-15(23)9-22-17(24)16(18(25)26)14(8-20-22)21-13-7-11-6-12(10(13)2)19(11,3)4/h8,10-13,21H,5-7,9H2,1-4H3,(H,25,26)/t10-,11+,12-,13-/m1/s1. The van der Waals surface area contributed by atoms with Crippen molar-refractivity contribution in [2.24, 2.45) is 23.2 Å². The van der Waals surface area contributed by atoms with Crippen LogP contribution in [0.4, 0.5) is 5.69 Å². The van der Waals surface area contributed by atoms with Crippen molar-refractivity contribution in [3.8, 4) is 0 Å². The van der Waals surface area contributed by atoms with Crippen molar-refractivity contribution in [3.05, 3.63) is 22.1 Å². The van der Waals surface area contributed by atoms with Gasteiger partial charge in [-0.2, -0.15) is 5.10 Å². The van der Waals surface area contributed by atoms with E-state index in [-0.39, 0.29) is 23.9 Å². The second-order valence-corrected chi connectivity index (χ2v) is 8.21. The molecule has 2 N–H and O–H groups in total. The van der Waals surface area contributed by atoms with Crippen LogP contribution in [-0.2, 0) is 16.1 Å². The third kappa shape index (κ3) is 3.33. The van der Waals surface area contributed by atoms with Gasteiger partial charge in [-0.3, -0.25) is 9.59 Å². The van der Waals surface area contributed by atoms with Gasteiger partial charge in [0.25, 0.3) is 5.56 Å². The first-order chi connectivity index (χ1) is 12.7. The summed E-state index contributed by atoms with van der Waals surface area (Å²) in [5, 5.41) is 16.8. The number of anilines is 1. The number of aromatic nitrogens is 2. The van der Waals surface area contributed by atoms with Crippen LogP contribution in [0.25, 0.3) is 0 Å². The summed E-state index contributed by atoms with van der Waals surface area (Å²) in [4.78, 5) is 35.9. The molecule has 8 nitrogen and oxygen atoms in total. The van der Waals surface area contributed by atoms with E-state index in [4.69, 9.17) is 4.74 Å². The maximum Gasteiger partial charge on any atom is 0.343 e. The lowest BCUT2D eigenvalue weighted by molar-refractivity contribution is -0.144. The molecule has 3 aliphatic carbocycles. The van der Waals surface area contributed by atoms with E-state index in [2.05, 4.69) is 31.2 Å². The molecule has 0 amide bonds. The van der Waals surface area contributed by atoms with Crippen LogP contribution in [0.1, 0.15) is 50.9 Å². The highest BCUT2D eigenvalue weighted by molar-refractivity contribution is 5.93. The fourth-order valence-electron chi connectivity index (χ4n) is 4.79. The van der Waals surface area contributed by atoms with Gasteiger partial charge >= 0.3 is 11.9 Å². The van der Waals surface area contributed by atoms with Crippen LogP contribution >= 0.6 is 0 Å². The number of aromatic carboxylic acids is 1. The molecule has 4 atom stereocenters. The van der Waals surface area contributed by atoms with Crippen molar-refractivity contribution in [1.29, 1.82) is 0 Å². The number of fused-ring (bicyclic) bond motifs is 2. The SMILES string of the molecule is CCOC(=O)Cn1ncc(N[C@@H]2C[C@@H]3C[C@H]([C@H]2C)C3(C)C)c(C(=O)O)c1=O. The van der Waals surface area contributed by atoms with E-state index in [1.807, 2.05) is 0 Å². The Bertz CT molecular complexity index is 816. The molecule has 148 valence electrons. The van der Waals surface area contributed by atoms with Crippen LogP contribution < -0.4 is 10.9 Å². The van der Waals surface area contributed by atoms with Crippen molar-refractivity contribution < 1.29 is 19.4 Å². The lowest BCUT2D eigenvalue weighted by Crippen LogP contribution is -2.58. The summed E-state index contributed by atoms with van der Waals surface area (Å²) < 4.78 is 5.63. The predicted molar refractivity (Wildman–Crippen MR) is 98.7 cm³/mol. The molecule has 8 heteroatoms. The van der Waals surface area contributed by atoms with Crippen LogP contribution in [0, 0.1) is 23.2 Å². The zero-order chi connectivity index (χ0) is 19.9. The smallest absolute Gasteiger partial charge is 0.343 e. The normalized spacial score (nSPS) is 28.1. The fraction of sp³-hybridized carbons (Fsp3) is 0.684. The Balaban J connectivity index is 1.84. The zero-order valence-corrected chi connectivity index (χ0v) is 16.2.